The van der Waals surface area contributed by atoms with E-state index in [1.807, 2.05) is 18.2 Å². The number of hydrogen-bond acceptors (Lipinski definition) is 4. The molecule has 2 N–H and O–H groups in total. The van der Waals surface area contributed by atoms with Gasteiger partial charge in [0, 0.05) is 25.7 Å². The highest BCUT2D eigenvalue weighted by molar-refractivity contribution is 5.69. The summed E-state index contributed by atoms with van der Waals surface area (Å²) in [7, 11) is 5.98. The monoisotopic (exact) mass is 263 g/mol. The summed E-state index contributed by atoms with van der Waals surface area (Å²) in [4.78, 5) is 4.66. The Labute approximate surface area is 116 Å². The molecule has 0 aromatic heterocycles. The van der Waals surface area contributed by atoms with Gasteiger partial charge >= 0.3 is 0 Å². The number of nitrogen functional groups attached to an aromatic ring is 1. The van der Waals surface area contributed by atoms with Gasteiger partial charge in [0.15, 0.2) is 0 Å². The van der Waals surface area contributed by atoms with Crippen LogP contribution < -0.4 is 15.4 Å². The van der Waals surface area contributed by atoms with Crippen LogP contribution in [-0.2, 0) is 0 Å². The van der Waals surface area contributed by atoms with Crippen LogP contribution in [-0.4, -0.2) is 45.7 Å². The number of nitrogens with zero attached hydrogens (tertiary/aromatic N) is 2. The first kappa shape index (κ1) is 14.0. The minimum absolute atomic E-state index is 0.804. The first-order valence-electron chi connectivity index (χ1n) is 6.93. The standard InChI is InChI=1S/C15H25N3O/c1-17(2)11-12-6-8-18(9-7-12)15-10-13(19-3)4-5-14(15)16/h4-5,10,12H,6-9,11,16H2,1-3H3. The van der Waals surface area contributed by atoms with Crippen molar-refractivity contribution in [3.63, 3.8) is 0 Å². The molecule has 0 atom stereocenters. The summed E-state index contributed by atoms with van der Waals surface area (Å²) in [5.74, 6) is 1.68. The molecule has 0 amide bonds. The van der Waals surface area contributed by atoms with Crippen molar-refractivity contribution in [2.24, 2.45) is 5.92 Å². The molecule has 4 nitrogen and oxygen atoms in total. The molecule has 4 heteroatoms. The first-order chi connectivity index (χ1) is 9.10. The minimum atomic E-state index is 0.804. The second-order valence-electron chi connectivity index (χ2n) is 5.62. The van der Waals surface area contributed by atoms with E-state index in [2.05, 4.69) is 23.9 Å². The maximum absolute atomic E-state index is 6.08. The third-order valence-corrected chi connectivity index (χ3v) is 3.82. The van der Waals surface area contributed by atoms with Crippen LogP contribution in [0.4, 0.5) is 11.4 Å². The molecule has 106 valence electrons. The van der Waals surface area contributed by atoms with Gasteiger partial charge in [-0.25, -0.2) is 0 Å². The summed E-state index contributed by atoms with van der Waals surface area (Å²) in [5.41, 5.74) is 8.04. The molecule has 0 aliphatic carbocycles. The van der Waals surface area contributed by atoms with Crippen molar-refractivity contribution >= 4 is 11.4 Å². The molecule has 1 aromatic carbocycles. The molecule has 0 radical (unpaired) electrons. The predicted octanol–water partition coefficient (Wildman–Crippen LogP) is 2.06. The molecule has 1 aliphatic heterocycles. The van der Waals surface area contributed by atoms with Gasteiger partial charge in [-0.1, -0.05) is 0 Å². The molecule has 19 heavy (non-hydrogen) atoms. The molecule has 1 fully saturated rings. The number of rotatable bonds is 4. The van der Waals surface area contributed by atoms with E-state index in [0.717, 1.165) is 36.1 Å². The molecule has 0 bridgehead atoms. The maximum Gasteiger partial charge on any atom is 0.121 e. The maximum atomic E-state index is 6.08. The molecule has 1 aromatic rings. The highest BCUT2D eigenvalue weighted by Crippen LogP contribution is 2.31. The molecular weight excluding hydrogens is 238 g/mol. The van der Waals surface area contributed by atoms with Crippen molar-refractivity contribution in [2.75, 3.05) is 51.5 Å². The summed E-state index contributed by atoms with van der Waals surface area (Å²) in [6.07, 6.45) is 2.46. The predicted molar refractivity (Wildman–Crippen MR) is 80.9 cm³/mol. The smallest absolute Gasteiger partial charge is 0.121 e. The summed E-state index contributed by atoms with van der Waals surface area (Å²) in [6.45, 7) is 3.34. The summed E-state index contributed by atoms with van der Waals surface area (Å²) in [6, 6.07) is 5.89. The Morgan fingerprint density at radius 3 is 2.58 bits per heavy atom. The zero-order chi connectivity index (χ0) is 13.8. The zero-order valence-electron chi connectivity index (χ0n) is 12.2. The number of piperidine rings is 1. The summed E-state index contributed by atoms with van der Waals surface area (Å²) < 4.78 is 5.29. The molecule has 2 rings (SSSR count). The molecule has 0 spiro atoms. The fourth-order valence-electron chi connectivity index (χ4n) is 2.80. The lowest BCUT2D eigenvalue weighted by atomic mass is 9.96. The van der Waals surface area contributed by atoms with Crippen molar-refractivity contribution in [1.29, 1.82) is 0 Å². The van der Waals surface area contributed by atoms with Crippen molar-refractivity contribution in [2.45, 2.75) is 12.8 Å². The van der Waals surface area contributed by atoms with Gasteiger partial charge in [-0.15, -0.1) is 0 Å². The van der Waals surface area contributed by atoms with Gasteiger partial charge in [0.25, 0.3) is 0 Å². The van der Waals surface area contributed by atoms with Crippen LogP contribution in [0.25, 0.3) is 0 Å². The van der Waals surface area contributed by atoms with Gasteiger partial charge in [0.1, 0.15) is 5.75 Å². The lowest BCUT2D eigenvalue weighted by molar-refractivity contribution is 0.285. The zero-order valence-corrected chi connectivity index (χ0v) is 12.2. The number of hydrogen-bond donors (Lipinski definition) is 1. The third-order valence-electron chi connectivity index (χ3n) is 3.82. The normalized spacial score (nSPS) is 16.9. The highest BCUT2D eigenvalue weighted by Gasteiger charge is 2.21. The van der Waals surface area contributed by atoms with Crippen LogP contribution in [0.2, 0.25) is 0 Å². The van der Waals surface area contributed by atoms with Gasteiger partial charge in [0.05, 0.1) is 18.5 Å². The summed E-state index contributed by atoms with van der Waals surface area (Å²) >= 11 is 0. The van der Waals surface area contributed by atoms with E-state index in [1.54, 1.807) is 7.11 Å². The van der Waals surface area contributed by atoms with Crippen molar-refractivity contribution in [3.05, 3.63) is 18.2 Å². The van der Waals surface area contributed by atoms with Crippen LogP contribution in [0.1, 0.15) is 12.8 Å². The Bertz CT molecular complexity index is 412. The van der Waals surface area contributed by atoms with Crippen molar-refractivity contribution < 1.29 is 4.74 Å². The number of ether oxygens (including phenoxy) is 1. The van der Waals surface area contributed by atoms with Crippen LogP contribution in [0.5, 0.6) is 5.75 Å². The van der Waals surface area contributed by atoms with E-state index < -0.39 is 0 Å². The van der Waals surface area contributed by atoms with Crippen LogP contribution >= 0.6 is 0 Å². The highest BCUT2D eigenvalue weighted by atomic mass is 16.5. The van der Waals surface area contributed by atoms with Crippen molar-refractivity contribution in [3.8, 4) is 5.75 Å². The van der Waals surface area contributed by atoms with Crippen LogP contribution in [0.15, 0.2) is 18.2 Å². The van der Waals surface area contributed by atoms with Crippen LogP contribution in [0.3, 0.4) is 0 Å². The second kappa shape index (κ2) is 6.15. The fourth-order valence-corrected chi connectivity index (χ4v) is 2.80. The quantitative estimate of drug-likeness (QED) is 0.844. The lowest BCUT2D eigenvalue weighted by Crippen LogP contribution is -2.37. The number of methoxy groups -OCH3 is 1. The van der Waals surface area contributed by atoms with E-state index >= 15 is 0 Å². The molecule has 0 saturated carbocycles. The third kappa shape index (κ3) is 3.53. The SMILES string of the molecule is COc1ccc(N)c(N2CCC(CN(C)C)CC2)c1. The average Bonchev–Trinajstić information content (AvgIpc) is 2.40. The molecule has 0 unspecified atom stereocenters. The van der Waals surface area contributed by atoms with E-state index in [1.165, 1.54) is 19.4 Å². The van der Waals surface area contributed by atoms with E-state index in [-0.39, 0.29) is 0 Å². The largest absolute Gasteiger partial charge is 0.497 e. The van der Waals surface area contributed by atoms with Crippen molar-refractivity contribution in [1.82, 2.24) is 4.90 Å². The molecule has 1 heterocycles. The van der Waals surface area contributed by atoms with Gasteiger partial charge in [-0.3, -0.25) is 0 Å². The lowest BCUT2D eigenvalue weighted by Gasteiger charge is -2.35. The molecule has 1 aliphatic rings. The van der Waals surface area contributed by atoms with Gasteiger partial charge in [-0.05, 0) is 45.0 Å². The minimum Gasteiger partial charge on any atom is -0.497 e. The Kier molecular flexibility index (Phi) is 4.53. The molecular formula is C15H25N3O. The Hall–Kier alpha value is -1.42. The number of anilines is 2. The molecule has 1 saturated heterocycles. The van der Waals surface area contributed by atoms with E-state index in [0.29, 0.717) is 0 Å². The summed E-state index contributed by atoms with van der Waals surface area (Å²) in [5, 5.41) is 0. The Balaban J connectivity index is 2.01. The van der Waals surface area contributed by atoms with E-state index in [9.17, 15) is 0 Å². The van der Waals surface area contributed by atoms with Gasteiger partial charge < -0.3 is 20.3 Å². The fraction of sp³-hybridized carbons (Fsp3) is 0.600. The van der Waals surface area contributed by atoms with Crippen LogP contribution in [0, 0.1) is 5.92 Å². The average molecular weight is 263 g/mol. The van der Waals surface area contributed by atoms with Gasteiger partial charge in [-0.2, -0.15) is 0 Å². The second-order valence-corrected chi connectivity index (χ2v) is 5.62. The van der Waals surface area contributed by atoms with Gasteiger partial charge in [0.2, 0.25) is 0 Å². The topological polar surface area (TPSA) is 41.7 Å². The number of benzene rings is 1. The van der Waals surface area contributed by atoms with E-state index in [4.69, 9.17) is 10.5 Å². The Morgan fingerprint density at radius 1 is 1.32 bits per heavy atom. The first-order valence-corrected chi connectivity index (χ1v) is 6.93. The number of nitrogens with two attached hydrogens (primary N) is 1. The Morgan fingerprint density at radius 2 is 2.00 bits per heavy atom.